The molecule has 2 aromatic heterocycles. The predicted octanol–water partition coefficient (Wildman–Crippen LogP) is 4.96. The van der Waals surface area contributed by atoms with Crippen LogP contribution in [0.4, 0.5) is 0 Å². The van der Waals surface area contributed by atoms with Crippen LogP contribution in [0.1, 0.15) is 82.8 Å². The number of benzene rings is 3. The Morgan fingerprint density at radius 1 is 0.729 bits per heavy atom. The number of allylic oxidation sites excluding steroid dienone is 1. The number of nitrogens with one attached hydrogen (secondary N) is 1. The molecular formula is C44H42N5O9W-. The third-order valence-corrected chi connectivity index (χ3v) is 9.03. The maximum Gasteiger partial charge on any atom is 0.373 e. The van der Waals surface area contributed by atoms with Crippen molar-refractivity contribution in [3.05, 3.63) is 139 Å². The average Bonchev–Trinajstić information content (AvgIpc) is 3.85. The molecule has 0 radical (unpaired) electrons. The van der Waals surface area contributed by atoms with Gasteiger partial charge in [0.15, 0.2) is 0 Å². The van der Waals surface area contributed by atoms with E-state index in [1.165, 1.54) is 33.4 Å². The number of ether oxygens (including phenoxy) is 1. The molecule has 3 N–H and O–H groups in total. The van der Waals surface area contributed by atoms with E-state index >= 15 is 0 Å². The molecule has 0 unspecified atom stereocenters. The van der Waals surface area contributed by atoms with Crippen LogP contribution in [0, 0.1) is 27.0 Å². The van der Waals surface area contributed by atoms with Gasteiger partial charge >= 0.3 is 24.4 Å². The molecule has 3 aliphatic rings. The van der Waals surface area contributed by atoms with Crippen molar-refractivity contribution >= 4 is 30.0 Å². The largest absolute Gasteiger partial charge is 0.462 e. The summed E-state index contributed by atoms with van der Waals surface area (Å²) in [7, 11) is 0. The third kappa shape index (κ3) is 12.5. The first-order valence-corrected chi connectivity index (χ1v) is 18.2. The fraction of sp³-hybridized carbons (Fsp3) is 0.273. The van der Waals surface area contributed by atoms with Gasteiger partial charge in [-0.3, -0.25) is 4.79 Å². The van der Waals surface area contributed by atoms with Gasteiger partial charge in [0.1, 0.15) is 5.82 Å². The number of nitrogens with two attached hydrogens (primary N) is 1. The maximum absolute atomic E-state index is 12.0. The number of aryl methyl sites for hydroxylation is 5. The van der Waals surface area contributed by atoms with E-state index in [-0.39, 0.29) is 51.0 Å². The van der Waals surface area contributed by atoms with Crippen LogP contribution in [-0.4, -0.2) is 51.0 Å². The topological polar surface area (TPSA) is 226 Å². The van der Waals surface area contributed by atoms with E-state index in [0.717, 1.165) is 76.5 Å². The maximum atomic E-state index is 12.0. The second-order valence-corrected chi connectivity index (χ2v) is 13.0. The van der Waals surface area contributed by atoms with E-state index in [1.807, 2.05) is 38.1 Å². The third-order valence-electron chi connectivity index (χ3n) is 9.03. The molecule has 5 aromatic rings. The number of fused-ring (bicyclic) bond motifs is 7. The van der Waals surface area contributed by atoms with Gasteiger partial charge in [-0.2, -0.15) is 28.8 Å². The Hall–Kier alpha value is -6.54. The predicted molar refractivity (Wildman–Crippen MR) is 208 cm³/mol. The molecule has 8 rings (SSSR count). The molecule has 14 nitrogen and oxygen atoms in total. The van der Waals surface area contributed by atoms with E-state index in [4.69, 9.17) is 39.2 Å². The Morgan fingerprint density at radius 2 is 1.22 bits per heavy atom. The van der Waals surface area contributed by atoms with Crippen molar-refractivity contribution in [3.63, 3.8) is 0 Å². The van der Waals surface area contributed by atoms with Crippen molar-refractivity contribution in [1.29, 1.82) is 0 Å². The second-order valence-electron chi connectivity index (χ2n) is 13.0. The van der Waals surface area contributed by atoms with Crippen LogP contribution in [0.25, 0.3) is 27.8 Å². The van der Waals surface area contributed by atoms with Gasteiger partial charge in [0, 0.05) is 51.8 Å². The van der Waals surface area contributed by atoms with Crippen LogP contribution in [0.2, 0.25) is 0 Å². The van der Waals surface area contributed by atoms with Gasteiger partial charge < -0.3 is 25.4 Å². The molecule has 0 aliphatic heterocycles. The van der Waals surface area contributed by atoms with Crippen molar-refractivity contribution in [3.8, 4) is 22.3 Å². The number of carbonyl (C=O) groups is 1. The summed E-state index contributed by atoms with van der Waals surface area (Å²) in [5, 5.41) is 0. The van der Waals surface area contributed by atoms with Crippen LogP contribution < -0.4 is 11.3 Å². The summed E-state index contributed by atoms with van der Waals surface area (Å²) in [5.74, 6) is 1.35. The quantitative estimate of drug-likeness (QED) is 0.176. The van der Waals surface area contributed by atoms with E-state index in [9.17, 15) is 9.59 Å². The van der Waals surface area contributed by atoms with Crippen LogP contribution >= 0.6 is 0 Å². The SMILES string of the molecule is CCOC(=O)C1=C(N)Cc2cc(C)ccc21.CCc1n[c-]c2c(n1)Cc1cc(C)ccc1-2.CCc1nc2c(c(=O)[nH]1)-c1ccc(C)cc1C2.O=C=O.O=C=O.O=C=O.[W]. The normalized spacial score (nSPS) is 11.1. The summed E-state index contributed by atoms with van der Waals surface area (Å²) < 4.78 is 5.01. The number of H-pyrrole nitrogens is 1. The van der Waals surface area contributed by atoms with Crippen LogP contribution in [0.5, 0.6) is 0 Å². The summed E-state index contributed by atoms with van der Waals surface area (Å²) in [6, 6.07) is 18.7. The molecule has 59 heavy (non-hydrogen) atoms. The minimum atomic E-state index is -0.317. The standard InChI is InChI=1S/C14H14N2O.C14H13N2.C13H15NO2.3CO2.W/c1-3-12-15-11-7-9-6-8(2)4-5-10(9)13(11)14(17)16-12;1-3-14-15-8-12-11-5-4-9(2)6-10(11)7-13(12)16-14;1-3-16-13(15)12-10-5-4-8(2)6-9(10)7-11(12)14;3*2-1-3;/h4-6H,3,7H2,1-2H3,(H,15,16,17);4-6H,3,7H2,1-2H3;4-6H,3,7,14H2,1-2H3;;;;/q;-1;;;;;. The molecule has 3 aromatic carbocycles. The fourth-order valence-corrected chi connectivity index (χ4v) is 6.68. The Bertz CT molecular complexity index is 2470. The number of carbonyl (C=O) groups excluding carboxylic acids is 7. The van der Waals surface area contributed by atoms with Gasteiger partial charge in [0.25, 0.3) is 5.56 Å². The van der Waals surface area contributed by atoms with Crippen molar-refractivity contribution in [2.45, 2.75) is 73.6 Å². The summed E-state index contributed by atoms with van der Waals surface area (Å²) in [6.07, 6.45) is 7.87. The second kappa shape index (κ2) is 23.6. The van der Waals surface area contributed by atoms with Crippen molar-refractivity contribution in [1.82, 2.24) is 19.9 Å². The molecule has 304 valence electrons. The minimum absolute atomic E-state index is 0. The van der Waals surface area contributed by atoms with Crippen LogP contribution in [0.3, 0.4) is 0 Å². The monoisotopic (exact) mass is 968 g/mol. The number of nitrogens with zero attached hydrogens (tertiary/aromatic N) is 3. The van der Waals surface area contributed by atoms with E-state index in [2.05, 4.69) is 77.2 Å². The first-order valence-electron chi connectivity index (χ1n) is 18.2. The first-order chi connectivity index (χ1) is 27.8. The molecule has 2 heterocycles. The van der Waals surface area contributed by atoms with Crippen molar-refractivity contribution < 1.29 is 59.4 Å². The van der Waals surface area contributed by atoms with Crippen molar-refractivity contribution in [2.24, 2.45) is 5.73 Å². The summed E-state index contributed by atoms with van der Waals surface area (Å²) in [4.78, 5) is 88.7. The minimum Gasteiger partial charge on any atom is -0.462 e. The smallest absolute Gasteiger partial charge is 0.373 e. The molecular weight excluding hydrogens is 926 g/mol. The first kappa shape index (κ1) is 48.6. The summed E-state index contributed by atoms with van der Waals surface area (Å²) in [6.45, 7) is 12.4. The molecule has 0 saturated carbocycles. The number of hydrogen-bond acceptors (Lipinski definition) is 13. The average molecular weight is 969 g/mol. The number of aromatic nitrogens is 4. The van der Waals surface area contributed by atoms with E-state index in [1.54, 1.807) is 6.92 Å². The number of hydrogen-bond donors (Lipinski definition) is 2. The van der Waals surface area contributed by atoms with Crippen molar-refractivity contribution in [2.75, 3.05) is 6.61 Å². The number of aromatic amines is 1. The molecule has 3 aliphatic carbocycles. The molecule has 0 saturated heterocycles. The summed E-state index contributed by atoms with van der Waals surface area (Å²) >= 11 is 0. The molecule has 0 bridgehead atoms. The van der Waals surface area contributed by atoms with Gasteiger partial charge in [-0.05, 0) is 74.7 Å². The molecule has 0 atom stereocenters. The Labute approximate surface area is 355 Å². The fourth-order valence-electron chi connectivity index (χ4n) is 6.68. The Balaban J connectivity index is 0.000000275. The Kier molecular flexibility index (Phi) is 19.5. The molecule has 0 spiro atoms. The van der Waals surface area contributed by atoms with Crippen LogP contribution in [0.15, 0.2) is 65.1 Å². The number of rotatable bonds is 4. The summed E-state index contributed by atoms with van der Waals surface area (Å²) in [5.41, 5.74) is 21.5. The zero-order chi connectivity index (χ0) is 42.9. The molecule has 0 fully saturated rings. The van der Waals surface area contributed by atoms with E-state index < -0.39 is 0 Å². The van der Waals surface area contributed by atoms with Gasteiger partial charge in [-0.15, -0.1) is 5.56 Å². The van der Waals surface area contributed by atoms with Gasteiger partial charge in [0.2, 0.25) is 0 Å². The van der Waals surface area contributed by atoms with Gasteiger partial charge in [0.05, 0.1) is 23.4 Å². The number of esters is 1. The molecule has 15 heteroatoms. The van der Waals surface area contributed by atoms with E-state index in [0.29, 0.717) is 24.3 Å². The van der Waals surface area contributed by atoms with Crippen LogP contribution in [-0.2, 0) is 91.5 Å². The van der Waals surface area contributed by atoms with Gasteiger partial charge in [-0.1, -0.05) is 96.3 Å². The zero-order valence-electron chi connectivity index (χ0n) is 33.4. The zero-order valence-corrected chi connectivity index (χ0v) is 36.4. The Morgan fingerprint density at radius 3 is 1.75 bits per heavy atom. The van der Waals surface area contributed by atoms with Gasteiger partial charge in [-0.25, -0.2) is 9.78 Å². The molecule has 0 amide bonds.